The van der Waals surface area contributed by atoms with Gasteiger partial charge < -0.3 is 5.11 Å². The van der Waals surface area contributed by atoms with Crippen LogP contribution in [0.5, 0.6) is 5.75 Å². The third-order valence-corrected chi connectivity index (χ3v) is 6.65. The highest BCUT2D eigenvalue weighted by molar-refractivity contribution is 5.49. The maximum absolute atomic E-state index is 10.4. The number of aromatic hydroxyl groups is 1. The lowest BCUT2D eigenvalue weighted by atomic mass is 9.60. The molecule has 2 aliphatic carbocycles. The van der Waals surface area contributed by atoms with Crippen molar-refractivity contribution in [2.75, 3.05) is 6.54 Å². The number of phenolic OH excluding ortho intramolecular Hbond substituents is 1. The van der Waals surface area contributed by atoms with Crippen molar-refractivity contribution in [2.45, 2.75) is 69.4 Å². The van der Waals surface area contributed by atoms with Crippen LogP contribution in [0.15, 0.2) is 12.1 Å². The summed E-state index contributed by atoms with van der Waals surface area (Å²) in [5.41, 5.74) is 8.43. The summed E-state index contributed by atoms with van der Waals surface area (Å²) < 4.78 is 0. The summed E-state index contributed by atoms with van der Waals surface area (Å²) in [7, 11) is 0. The fraction of sp³-hybridized carbons (Fsp3) is 0.684. The molecule has 0 amide bonds. The van der Waals surface area contributed by atoms with Gasteiger partial charge in [-0.1, -0.05) is 12.8 Å². The molecule has 1 unspecified atom stereocenters. The van der Waals surface area contributed by atoms with Crippen molar-refractivity contribution in [1.29, 1.82) is 0 Å². The van der Waals surface area contributed by atoms with Gasteiger partial charge in [0, 0.05) is 24.5 Å². The lowest BCUT2D eigenvalue weighted by molar-refractivity contribution is -0.0282. The molecular formula is C19H26N2O. The Labute approximate surface area is 132 Å². The van der Waals surface area contributed by atoms with Crippen LogP contribution in [-0.2, 0) is 18.4 Å². The second-order valence-electron chi connectivity index (χ2n) is 7.98. The van der Waals surface area contributed by atoms with Gasteiger partial charge in [0.2, 0.25) is 0 Å². The first-order chi connectivity index (χ1) is 10.8. The largest absolute Gasteiger partial charge is 0.508 e. The van der Waals surface area contributed by atoms with Crippen molar-refractivity contribution in [2.24, 2.45) is 5.92 Å². The molecular weight excluding hydrogens is 272 g/mol. The van der Waals surface area contributed by atoms with Crippen molar-refractivity contribution >= 4 is 0 Å². The lowest BCUT2D eigenvalue weighted by Crippen LogP contribution is -2.65. The third-order valence-electron chi connectivity index (χ3n) is 6.65. The van der Waals surface area contributed by atoms with Gasteiger partial charge in [0.25, 0.3) is 0 Å². The summed E-state index contributed by atoms with van der Waals surface area (Å²) in [5, 5.41) is 12.9. The molecule has 0 aromatic heterocycles. The molecule has 22 heavy (non-hydrogen) atoms. The smallest absolute Gasteiger partial charge is 0.116 e. The van der Waals surface area contributed by atoms with Crippen LogP contribution < -0.4 is 5.43 Å². The van der Waals surface area contributed by atoms with E-state index in [4.69, 9.17) is 0 Å². The van der Waals surface area contributed by atoms with Crippen LogP contribution in [0.3, 0.4) is 0 Å². The second kappa shape index (κ2) is 4.72. The lowest BCUT2D eigenvalue weighted by Gasteiger charge is -2.57. The Balaban J connectivity index is 1.67. The Bertz CT molecular complexity index is 606. The van der Waals surface area contributed by atoms with Gasteiger partial charge in [0.1, 0.15) is 5.75 Å². The Morgan fingerprint density at radius 2 is 2.09 bits per heavy atom. The van der Waals surface area contributed by atoms with E-state index in [1.165, 1.54) is 68.1 Å². The molecule has 2 saturated carbocycles. The summed E-state index contributed by atoms with van der Waals surface area (Å²) >= 11 is 0. The fourth-order valence-electron chi connectivity index (χ4n) is 5.45. The van der Waals surface area contributed by atoms with Crippen molar-refractivity contribution in [3.63, 3.8) is 0 Å². The predicted molar refractivity (Wildman–Crippen MR) is 86.6 cm³/mol. The number of fused-ring (bicyclic) bond motifs is 1. The maximum Gasteiger partial charge on any atom is 0.116 e. The van der Waals surface area contributed by atoms with E-state index >= 15 is 0 Å². The van der Waals surface area contributed by atoms with E-state index in [9.17, 15) is 5.11 Å². The zero-order valence-corrected chi connectivity index (χ0v) is 13.3. The number of hydrogen-bond acceptors (Lipinski definition) is 3. The van der Waals surface area contributed by atoms with Crippen molar-refractivity contribution in [3.05, 3.63) is 28.8 Å². The molecule has 118 valence electrons. The zero-order chi connectivity index (χ0) is 14.7. The van der Waals surface area contributed by atoms with Gasteiger partial charge in [-0.2, -0.15) is 0 Å². The van der Waals surface area contributed by atoms with Crippen LogP contribution in [0.2, 0.25) is 0 Å². The SMILES string of the molecule is Oc1cc(CC2CC2)c2c(c1)[C@@]13CCCC[C@H]1N(C2)NCC3. The summed E-state index contributed by atoms with van der Waals surface area (Å²) in [4.78, 5) is 0. The molecule has 3 fully saturated rings. The van der Waals surface area contributed by atoms with Crippen LogP contribution in [0, 0.1) is 5.92 Å². The summed E-state index contributed by atoms with van der Waals surface area (Å²) in [6, 6.07) is 4.80. The van der Waals surface area contributed by atoms with Gasteiger partial charge in [-0.25, -0.2) is 5.01 Å². The Morgan fingerprint density at radius 3 is 2.95 bits per heavy atom. The van der Waals surface area contributed by atoms with E-state index in [1.54, 1.807) is 0 Å². The van der Waals surface area contributed by atoms with E-state index in [2.05, 4.69) is 16.5 Å². The molecule has 5 rings (SSSR count). The highest BCUT2D eigenvalue weighted by Crippen LogP contribution is 2.52. The average Bonchev–Trinajstić information content (AvgIpc) is 3.32. The molecule has 3 nitrogen and oxygen atoms in total. The minimum Gasteiger partial charge on any atom is -0.508 e. The monoisotopic (exact) mass is 298 g/mol. The standard InChI is InChI=1S/C19H26N2O/c22-15-10-14(9-13-4-5-13)16-12-21-18-3-1-2-6-19(18,7-8-20-21)17(16)11-15/h10-11,13,18,20,22H,1-9,12H2/t18-,19+/m1/s1. The summed E-state index contributed by atoms with van der Waals surface area (Å²) in [5.74, 6) is 1.37. The molecule has 2 bridgehead atoms. The maximum atomic E-state index is 10.4. The van der Waals surface area contributed by atoms with E-state index in [0.717, 1.165) is 19.0 Å². The first kappa shape index (κ1) is 13.4. The Hall–Kier alpha value is -1.06. The molecule has 3 heteroatoms. The van der Waals surface area contributed by atoms with Crippen LogP contribution >= 0.6 is 0 Å². The fourth-order valence-corrected chi connectivity index (χ4v) is 5.45. The average molecular weight is 298 g/mol. The number of hydrazine groups is 1. The molecule has 0 spiro atoms. The Kier molecular flexibility index (Phi) is 2.87. The molecule has 1 aromatic rings. The molecule has 3 atom stereocenters. The molecule has 0 radical (unpaired) electrons. The molecule has 1 saturated heterocycles. The third kappa shape index (κ3) is 1.88. The molecule has 4 aliphatic rings. The molecule has 1 aromatic carbocycles. The van der Waals surface area contributed by atoms with Crippen LogP contribution in [0.1, 0.15) is 61.6 Å². The van der Waals surface area contributed by atoms with Crippen molar-refractivity contribution < 1.29 is 5.11 Å². The van der Waals surface area contributed by atoms with Gasteiger partial charge >= 0.3 is 0 Å². The normalized spacial score (nSPS) is 36.5. The first-order valence-electron chi connectivity index (χ1n) is 9.12. The highest BCUT2D eigenvalue weighted by Gasteiger charge is 2.51. The van der Waals surface area contributed by atoms with Crippen LogP contribution in [-0.4, -0.2) is 22.7 Å². The number of rotatable bonds is 2. The molecule has 2 N–H and O–H groups in total. The van der Waals surface area contributed by atoms with E-state index < -0.39 is 0 Å². The van der Waals surface area contributed by atoms with Crippen molar-refractivity contribution in [3.8, 4) is 5.75 Å². The van der Waals surface area contributed by atoms with Gasteiger partial charge in [0.15, 0.2) is 0 Å². The van der Waals surface area contributed by atoms with Crippen LogP contribution in [0.4, 0.5) is 0 Å². The van der Waals surface area contributed by atoms with Crippen LogP contribution in [0.25, 0.3) is 0 Å². The van der Waals surface area contributed by atoms with E-state index in [1.807, 2.05) is 6.07 Å². The zero-order valence-electron chi connectivity index (χ0n) is 13.3. The number of phenols is 1. The quantitative estimate of drug-likeness (QED) is 0.880. The first-order valence-corrected chi connectivity index (χ1v) is 9.12. The minimum atomic E-state index is 0.300. The van der Waals surface area contributed by atoms with Gasteiger partial charge in [-0.15, -0.1) is 0 Å². The Morgan fingerprint density at radius 1 is 1.18 bits per heavy atom. The van der Waals surface area contributed by atoms with E-state index in [0.29, 0.717) is 17.2 Å². The topological polar surface area (TPSA) is 35.5 Å². The number of benzene rings is 1. The van der Waals surface area contributed by atoms with E-state index in [-0.39, 0.29) is 0 Å². The predicted octanol–water partition coefficient (Wildman–Crippen LogP) is 3.25. The highest BCUT2D eigenvalue weighted by atomic mass is 16.3. The number of nitrogens with zero attached hydrogens (tertiary/aromatic N) is 1. The summed E-state index contributed by atoms with van der Waals surface area (Å²) in [6.45, 7) is 2.12. The van der Waals surface area contributed by atoms with Crippen molar-refractivity contribution in [1.82, 2.24) is 10.4 Å². The van der Waals surface area contributed by atoms with Gasteiger partial charge in [-0.05, 0) is 73.3 Å². The second-order valence-corrected chi connectivity index (χ2v) is 7.98. The number of hydrogen-bond donors (Lipinski definition) is 2. The molecule has 2 heterocycles. The van der Waals surface area contributed by atoms with Gasteiger partial charge in [-0.3, -0.25) is 5.43 Å². The minimum absolute atomic E-state index is 0.300. The number of nitrogens with one attached hydrogen (secondary N) is 1. The summed E-state index contributed by atoms with van der Waals surface area (Å²) in [6.07, 6.45) is 10.5. The van der Waals surface area contributed by atoms with Gasteiger partial charge in [0.05, 0.1) is 0 Å². The molecule has 2 aliphatic heterocycles.